The second-order valence-electron chi connectivity index (χ2n) is 7.16. The molecule has 0 spiro atoms. The number of anilines is 1. The summed E-state index contributed by atoms with van der Waals surface area (Å²) in [4.78, 5) is 38.9. The minimum atomic E-state index is -1.16. The summed E-state index contributed by atoms with van der Waals surface area (Å²) in [5, 5.41) is 20.4. The van der Waals surface area contributed by atoms with Gasteiger partial charge >= 0.3 is 5.97 Å². The highest BCUT2D eigenvalue weighted by Gasteiger charge is 2.47. The number of hydrogen-bond acceptors (Lipinski definition) is 5. The number of benzene rings is 3. The number of hydrogen-bond donors (Lipinski definition) is 2. The summed E-state index contributed by atoms with van der Waals surface area (Å²) in [7, 11) is 1.52. The van der Waals surface area contributed by atoms with Gasteiger partial charge in [-0.25, -0.2) is 4.79 Å². The van der Waals surface area contributed by atoms with Gasteiger partial charge in [-0.3, -0.25) is 14.5 Å². The third kappa shape index (κ3) is 3.60. The molecule has 1 fully saturated rings. The van der Waals surface area contributed by atoms with E-state index in [1.165, 1.54) is 30.2 Å². The molecular weight excluding hydrogens is 410 g/mol. The summed E-state index contributed by atoms with van der Waals surface area (Å²) in [5.41, 5.74) is 1.08. The summed E-state index contributed by atoms with van der Waals surface area (Å²) in [6.07, 6.45) is 0. The standard InChI is InChI=1S/C25H19NO6/c1-32-19-12-10-15(11-13-19)21-20(22(27)16-6-3-2-4-7-16)23(28)24(29)26(21)18-9-5-8-17(14-18)25(30)31/h2-14,21,27H,1H3,(H,30,31)/b22-20-. The van der Waals surface area contributed by atoms with Gasteiger partial charge in [0.2, 0.25) is 0 Å². The van der Waals surface area contributed by atoms with Crippen LogP contribution in [0, 0.1) is 0 Å². The van der Waals surface area contributed by atoms with Crippen LogP contribution < -0.4 is 9.64 Å². The van der Waals surface area contributed by atoms with Gasteiger partial charge in [0, 0.05) is 11.3 Å². The number of carbonyl (C=O) groups excluding carboxylic acids is 2. The lowest BCUT2D eigenvalue weighted by Crippen LogP contribution is -2.29. The van der Waals surface area contributed by atoms with Gasteiger partial charge in [0.1, 0.15) is 11.5 Å². The topological polar surface area (TPSA) is 104 Å². The number of ether oxygens (including phenoxy) is 1. The number of carboxylic acid groups (broad SMARTS) is 1. The Hall–Kier alpha value is -4.39. The average Bonchev–Trinajstić information content (AvgIpc) is 3.09. The molecule has 1 amide bonds. The highest BCUT2D eigenvalue weighted by molar-refractivity contribution is 6.51. The van der Waals surface area contributed by atoms with Gasteiger partial charge in [-0.2, -0.15) is 0 Å². The number of nitrogens with zero attached hydrogens (tertiary/aromatic N) is 1. The first kappa shape index (κ1) is 20.9. The van der Waals surface area contributed by atoms with Crippen molar-refractivity contribution in [3.05, 3.63) is 101 Å². The highest BCUT2D eigenvalue weighted by atomic mass is 16.5. The second kappa shape index (κ2) is 8.39. The maximum atomic E-state index is 13.1. The van der Waals surface area contributed by atoms with E-state index in [4.69, 9.17) is 4.74 Å². The third-order valence-corrected chi connectivity index (χ3v) is 5.29. The van der Waals surface area contributed by atoms with Crippen molar-refractivity contribution in [3.63, 3.8) is 0 Å². The predicted molar refractivity (Wildman–Crippen MR) is 118 cm³/mol. The largest absolute Gasteiger partial charge is 0.507 e. The van der Waals surface area contributed by atoms with Crippen LogP contribution in [0.3, 0.4) is 0 Å². The molecule has 0 aromatic heterocycles. The summed E-state index contributed by atoms with van der Waals surface area (Å²) in [5.74, 6) is -2.59. The van der Waals surface area contributed by atoms with E-state index in [0.29, 0.717) is 16.9 Å². The molecule has 7 heteroatoms. The van der Waals surface area contributed by atoms with Crippen molar-refractivity contribution in [2.24, 2.45) is 0 Å². The monoisotopic (exact) mass is 429 g/mol. The summed E-state index contributed by atoms with van der Waals surface area (Å²) in [6, 6.07) is 20.1. The zero-order valence-corrected chi connectivity index (χ0v) is 17.1. The Kier molecular flexibility index (Phi) is 5.47. The van der Waals surface area contributed by atoms with E-state index in [2.05, 4.69) is 0 Å². The maximum Gasteiger partial charge on any atom is 0.335 e. The lowest BCUT2D eigenvalue weighted by Gasteiger charge is -2.25. The number of ketones is 1. The first-order valence-corrected chi connectivity index (χ1v) is 9.76. The Balaban J connectivity index is 1.94. The Labute approximate surface area is 183 Å². The molecule has 32 heavy (non-hydrogen) atoms. The quantitative estimate of drug-likeness (QED) is 0.361. The number of aliphatic hydroxyl groups is 1. The third-order valence-electron chi connectivity index (χ3n) is 5.29. The Bertz CT molecular complexity index is 1230. The zero-order chi connectivity index (χ0) is 22.8. The van der Waals surface area contributed by atoms with Crippen LogP contribution in [0.15, 0.2) is 84.4 Å². The summed E-state index contributed by atoms with van der Waals surface area (Å²) in [6.45, 7) is 0. The van der Waals surface area contributed by atoms with Crippen molar-refractivity contribution in [1.29, 1.82) is 0 Å². The lowest BCUT2D eigenvalue weighted by molar-refractivity contribution is -0.132. The number of aliphatic hydroxyl groups excluding tert-OH is 1. The molecule has 1 heterocycles. The SMILES string of the molecule is COc1ccc(C2/C(=C(/O)c3ccccc3)C(=O)C(=O)N2c2cccc(C(=O)O)c2)cc1. The van der Waals surface area contributed by atoms with Gasteiger partial charge < -0.3 is 14.9 Å². The zero-order valence-electron chi connectivity index (χ0n) is 17.1. The van der Waals surface area contributed by atoms with Crippen molar-refractivity contribution in [2.45, 2.75) is 6.04 Å². The Morgan fingerprint density at radius 2 is 1.53 bits per heavy atom. The first-order valence-electron chi connectivity index (χ1n) is 9.76. The van der Waals surface area contributed by atoms with Crippen molar-refractivity contribution < 1.29 is 29.3 Å². The van der Waals surface area contributed by atoms with Crippen molar-refractivity contribution in [1.82, 2.24) is 0 Å². The highest BCUT2D eigenvalue weighted by Crippen LogP contribution is 2.42. The lowest BCUT2D eigenvalue weighted by atomic mass is 9.95. The molecule has 3 aromatic carbocycles. The normalized spacial score (nSPS) is 17.4. The van der Waals surface area contributed by atoms with Gasteiger partial charge in [-0.05, 0) is 35.9 Å². The van der Waals surface area contributed by atoms with E-state index in [9.17, 15) is 24.6 Å². The molecular formula is C25H19NO6. The average molecular weight is 429 g/mol. The van der Waals surface area contributed by atoms with Crippen molar-refractivity contribution in [3.8, 4) is 5.75 Å². The number of methoxy groups -OCH3 is 1. The molecule has 1 unspecified atom stereocenters. The number of aromatic carboxylic acids is 1. The number of carbonyl (C=O) groups is 3. The van der Waals surface area contributed by atoms with Crippen LogP contribution in [0.5, 0.6) is 5.75 Å². The van der Waals surface area contributed by atoms with E-state index in [1.807, 2.05) is 0 Å². The number of rotatable bonds is 5. The summed E-state index contributed by atoms with van der Waals surface area (Å²) >= 11 is 0. The molecule has 0 aliphatic carbocycles. The molecule has 4 rings (SSSR count). The van der Waals surface area contributed by atoms with Gasteiger partial charge in [-0.15, -0.1) is 0 Å². The molecule has 1 saturated heterocycles. The first-order chi connectivity index (χ1) is 15.4. The summed E-state index contributed by atoms with van der Waals surface area (Å²) < 4.78 is 5.20. The number of carboxylic acids is 1. The van der Waals surface area contributed by atoms with Crippen LogP contribution in [-0.4, -0.2) is 35.0 Å². The molecule has 1 aliphatic rings. The predicted octanol–water partition coefficient (Wildman–Crippen LogP) is 4.02. The van der Waals surface area contributed by atoms with E-state index in [-0.39, 0.29) is 22.6 Å². The van der Waals surface area contributed by atoms with Gasteiger partial charge in [0.05, 0.1) is 24.3 Å². The van der Waals surface area contributed by atoms with Crippen LogP contribution >= 0.6 is 0 Å². The van der Waals surface area contributed by atoms with Crippen LogP contribution in [0.2, 0.25) is 0 Å². The van der Waals surface area contributed by atoms with Crippen LogP contribution in [-0.2, 0) is 9.59 Å². The molecule has 3 aromatic rings. The molecule has 0 saturated carbocycles. The van der Waals surface area contributed by atoms with Crippen molar-refractivity contribution >= 4 is 29.1 Å². The fourth-order valence-electron chi connectivity index (χ4n) is 3.74. The Morgan fingerprint density at radius 1 is 0.875 bits per heavy atom. The van der Waals surface area contributed by atoms with Crippen LogP contribution in [0.1, 0.15) is 27.5 Å². The molecule has 1 atom stereocenters. The van der Waals surface area contributed by atoms with E-state index in [1.54, 1.807) is 60.7 Å². The second-order valence-corrected chi connectivity index (χ2v) is 7.16. The molecule has 0 radical (unpaired) electrons. The maximum absolute atomic E-state index is 13.1. The molecule has 0 bridgehead atoms. The van der Waals surface area contributed by atoms with E-state index >= 15 is 0 Å². The van der Waals surface area contributed by atoms with Crippen LogP contribution in [0.4, 0.5) is 5.69 Å². The number of amides is 1. The Morgan fingerprint density at radius 3 is 2.16 bits per heavy atom. The van der Waals surface area contributed by atoms with Gasteiger partial charge in [-0.1, -0.05) is 48.5 Å². The van der Waals surface area contributed by atoms with E-state index < -0.39 is 23.7 Å². The molecule has 160 valence electrons. The van der Waals surface area contributed by atoms with Crippen LogP contribution in [0.25, 0.3) is 5.76 Å². The fraction of sp³-hybridized carbons (Fsp3) is 0.0800. The van der Waals surface area contributed by atoms with Gasteiger partial charge in [0.25, 0.3) is 11.7 Å². The molecule has 2 N–H and O–H groups in total. The minimum Gasteiger partial charge on any atom is -0.507 e. The number of Topliss-reactive ketones (excluding diaryl/α,β-unsaturated/α-hetero) is 1. The molecule has 1 aliphatic heterocycles. The minimum absolute atomic E-state index is 0.0269. The van der Waals surface area contributed by atoms with Crippen molar-refractivity contribution in [2.75, 3.05) is 12.0 Å². The van der Waals surface area contributed by atoms with Gasteiger partial charge in [0.15, 0.2) is 0 Å². The smallest absolute Gasteiger partial charge is 0.335 e. The fourth-order valence-corrected chi connectivity index (χ4v) is 3.74. The molecule has 7 nitrogen and oxygen atoms in total. The van der Waals surface area contributed by atoms with E-state index in [0.717, 1.165) is 0 Å².